The summed E-state index contributed by atoms with van der Waals surface area (Å²) in [7, 11) is 0. The van der Waals surface area contributed by atoms with Crippen molar-refractivity contribution < 1.29 is 19.1 Å². The number of benzene rings is 1. The summed E-state index contributed by atoms with van der Waals surface area (Å²) in [5.74, 6) is -0.429. The highest BCUT2D eigenvalue weighted by Gasteiger charge is 2.36. The van der Waals surface area contributed by atoms with Gasteiger partial charge in [0.2, 0.25) is 0 Å². The second kappa shape index (κ2) is 32.0. The van der Waals surface area contributed by atoms with Gasteiger partial charge in [0.25, 0.3) is 11.8 Å². The van der Waals surface area contributed by atoms with Crippen molar-refractivity contribution in [3.63, 3.8) is 0 Å². The van der Waals surface area contributed by atoms with Crippen molar-refractivity contribution in [2.45, 2.75) is 213 Å². The Bertz CT molecular complexity index is 914. The van der Waals surface area contributed by atoms with Gasteiger partial charge in [0.1, 0.15) is 0 Å². The molecule has 0 spiro atoms. The summed E-state index contributed by atoms with van der Waals surface area (Å²) in [5.41, 5.74) is 0.995. The molecule has 0 N–H and O–H groups in total. The van der Waals surface area contributed by atoms with Gasteiger partial charge in [0.15, 0.2) is 0 Å². The lowest BCUT2D eigenvalue weighted by Crippen LogP contribution is -2.40. The smallest absolute Gasteiger partial charge is 0.261 e. The molecule has 2 amide bonds. The van der Waals surface area contributed by atoms with Crippen molar-refractivity contribution in [2.75, 3.05) is 26.4 Å². The minimum atomic E-state index is -0.291. The summed E-state index contributed by atoms with van der Waals surface area (Å²) in [5, 5.41) is 0. The van der Waals surface area contributed by atoms with Crippen LogP contribution in [0, 0.1) is 0 Å². The maximum Gasteiger partial charge on any atom is 0.261 e. The maximum absolute atomic E-state index is 13.0. The summed E-state index contributed by atoms with van der Waals surface area (Å²) in [4.78, 5) is 27.4. The van der Waals surface area contributed by atoms with Crippen LogP contribution >= 0.6 is 0 Å². The molecular weight excluding hydrogens is 618 g/mol. The fraction of sp³-hybridized carbons (Fsp3) is 0.822. The maximum atomic E-state index is 13.0. The first-order chi connectivity index (χ1) is 24.7. The zero-order valence-electron chi connectivity index (χ0n) is 33.0. The third kappa shape index (κ3) is 21.6. The standard InChI is InChI=1S/C45H79NO4/c1-3-5-7-9-11-13-15-17-19-20-22-24-26-28-30-34-38-50-41(39-46-44(47)42-35-31-32-36-43(42)45(46)48)40-49-37-33-29-27-25-23-21-18-16-14-12-10-8-6-4-2/h31-32,35-36,41H,3-30,33-34,37-40H2,1-2H3. The first-order valence-electron chi connectivity index (χ1n) is 21.8. The topological polar surface area (TPSA) is 55.8 Å². The van der Waals surface area contributed by atoms with Crippen LogP contribution < -0.4 is 0 Å². The molecule has 1 aliphatic heterocycles. The van der Waals surface area contributed by atoms with E-state index >= 15 is 0 Å². The highest BCUT2D eigenvalue weighted by molar-refractivity contribution is 6.21. The van der Waals surface area contributed by atoms with E-state index in [-0.39, 0.29) is 24.5 Å². The molecule has 1 unspecified atom stereocenters. The Labute approximate surface area is 309 Å². The van der Waals surface area contributed by atoms with Gasteiger partial charge in [-0.05, 0) is 25.0 Å². The second-order valence-corrected chi connectivity index (χ2v) is 15.2. The summed E-state index contributed by atoms with van der Waals surface area (Å²) in [6.45, 7) is 6.60. The average molecular weight is 698 g/mol. The highest BCUT2D eigenvalue weighted by Crippen LogP contribution is 2.23. The van der Waals surface area contributed by atoms with Crippen LogP contribution in [-0.4, -0.2) is 49.2 Å². The van der Waals surface area contributed by atoms with Gasteiger partial charge in [0.05, 0.1) is 30.4 Å². The van der Waals surface area contributed by atoms with E-state index in [9.17, 15) is 9.59 Å². The van der Waals surface area contributed by atoms with E-state index in [4.69, 9.17) is 9.47 Å². The Balaban J connectivity index is 1.53. The Morgan fingerprint density at radius 1 is 0.460 bits per heavy atom. The van der Waals surface area contributed by atoms with Crippen LogP contribution in [0.25, 0.3) is 0 Å². The zero-order valence-corrected chi connectivity index (χ0v) is 33.0. The highest BCUT2D eigenvalue weighted by atomic mass is 16.5. The fourth-order valence-corrected chi connectivity index (χ4v) is 7.28. The number of rotatable bonds is 37. The zero-order chi connectivity index (χ0) is 35.7. The molecule has 5 nitrogen and oxygen atoms in total. The first-order valence-corrected chi connectivity index (χ1v) is 21.8. The molecule has 0 fully saturated rings. The number of nitrogens with zero attached hydrogens (tertiary/aromatic N) is 1. The molecule has 288 valence electrons. The predicted octanol–water partition coefficient (Wildman–Crippen LogP) is 13.4. The van der Waals surface area contributed by atoms with Gasteiger partial charge in [-0.2, -0.15) is 0 Å². The minimum Gasteiger partial charge on any atom is -0.379 e. The molecule has 1 aromatic carbocycles. The fourth-order valence-electron chi connectivity index (χ4n) is 7.28. The largest absolute Gasteiger partial charge is 0.379 e. The number of amides is 2. The van der Waals surface area contributed by atoms with Crippen LogP contribution in [0.2, 0.25) is 0 Å². The Kier molecular flexibility index (Phi) is 28.4. The number of ether oxygens (including phenoxy) is 2. The van der Waals surface area contributed by atoms with Crippen LogP contribution in [0.5, 0.6) is 0 Å². The first kappa shape index (κ1) is 44.4. The number of unbranched alkanes of at least 4 members (excludes halogenated alkanes) is 28. The van der Waals surface area contributed by atoms with Gasteiger partial charge in [-0.25, -0.2) is 0 Å². The van der Waals surface area contributed by atoms with Gasteiger partial charge < -0.3 is 9.47 Å². The quantitative estimate of drug-likeness (QED) is 0.0513. The van der Waals surface area contributed by atoms with Crippen molar-refractivity contribution in [3.05, 3.63) is 35.4 Å². The lowest BCUT2D eigenvalue weighted by Gasteiger charge is -2.23. The Morgan fingerprint density at radius 2 is 0.780 bits per heavy atom. The van der Waals surface area contributed by atoms with Gasteiger partial charge in [0, 0.05) is 13.2 Å². The average Bonchev–Trinajstić information content (AvgIpc) is 3.37. The lowest BCUT2D eigenvalue weighted by atomic mass is 10.0. The van der Waals surface area contributed by atoms with Crippen LogP contribution in [0.15, 0.2) is 24.3 Å². The normalized spacial score (nSPS) is 13.4. The lowest BCUT2D eigenvalue weighted by molar-refractivity contribution is -0.0286. The third-order valence-electron chi connectivity index (χ3n) is 10.6. The molecule has 5 heteroatoms. The van der Waals surface area contributed by atoms with Crippen molar-refractivity contribution in [2.24, 2.45) is 0 Å². The molecule has 50 heavy (non-hydrogen) atoms. The van der Waals surface area contributed by atoms with E-state index in [1.165, 1.54) is 178 Å². The molecule has 0 radical (unpaired) electrons. The number of hydrogen-bond acceptors (Lipinski definition) is 4. The van der Waals surface area contributed by atoms with Gasteiger partial charge in [-0.15, -0.1) is 0 Å². The van der Waals surface area contributed by atoms with Crippen molar-refractivity contribution in [3.8, 4) is 0 Å². The number of fused-ring (bicyclic) bond motifs is 1. The molecule has 1 aliphatic rings. The molecule has 1 heterocycles. The molecule has 0 saturated carbocycles. The van der Waals surface area contributed by atoms with Crippen LogP contribution in [0.4, 0.5) is 0 Å². The predicted molar refractivity (Wildman–Crippen MR) is 212 cm³/mol. The van der Waals surface area contributed by atoms with Gasteiger partial charge >= 0.3 is 0 Å². The molecule has 0 bridgehead atoms. The molecule has 2 rings (SSSR count). The summed E-state index contributed by atoms with van der Waals surface area (Å²) in [6.07, 6.45) is 40.0. The molecule has 1 atom stereocenters. The van der Waals surface area contributed by atoms with E-state index in [0.717, 1.165) is 19.3 Å². The number of carbonyl (C=O) groups excluding carboxylic acids is 2. The number of imide groups is 1. The summed E-state index contributed by atoms with van der Waals surface area (Å²) < 4.78 is 12.3. The van der Waals surface area contributed by atoms with Crippen molar-refractivity contribution in [1.29, 1.82) is 0 Å². The number of carbonyl (C=O) groups is 2. The van der Waals surface area contributed by atoms with E-state index in [0.29, 0.717) is 30.9 Å². The van der Waals surface area contributed by atoms with Crippen LogP contribution in [0.1, 0.15) is 227 Å². The minimum absolute atomic E-state index is 0.214. The second-order valence-electron chi connectivity index (χ2n) is 15.2. The van der Waals surface area contributed by atoms with Gasteiger partial charge in [-0.1, -0.05) is 206 Å². The van der Waals surface area contributed by atoms with Crippen molar-refractivity contribution >= 4 is 11.8 Å². The molecule has 1 aromatic rings. The number of hydrogen-bond donors (Lipinski definition) is 0. The molecule has 0 saturated heterocycles. The molecular formula is C45H79NO4. The Morgan fingerprint density at radius 3 is 1.14 bits per heavy atom. The summed E-state index contributed by atoms with van der Waals surface area (Å²) >= 11 is 0. The van der Waals surface area contributed by atoms with Crippen LogP contribution in [0.3, 0.4) is 0 Å². The molecule has 0 aliphatic carbocycles. The van der Waals surface area contributed by atoms with Crippen molar-refractivity contribution in [1.82, 2.24) is 4.90 Å². The van der Waals surface area contributed by atoms with E-state index in [1.54, 1.807) is 12.1 Å². The van der Waals surface area contributed by atoms with Gasteiger partial charge in [-0.3, -0.25) is 14.5 Å². The monoisotopic (exact) mass is 698 g/mol. The van der Waals surface area contributed by atoms with E-state index < -0.39 is 0 Å². The van der Waals surface area contributed by atoms with E-state index in [2.05, 4.69) is 13.8 Å². The van der Waals surface area contributed by atoms with Crippen LogP contribution in [-0.2, 0) is 9.47 Å². The molecule has 0 aromatic heterocycles. The Hall–Kier alpha value is -1.72. The summed E-state index contributed by atoms with van der Waals surface area (Å²) in [6, 6.07) is 7.12. The SMILES string of the molecule is CCCCCCCCCCCCCCCCCCOC(COCCCCCCCCCCCCCCCC)CN1C(=O)c2ccccc2C1=O. The third-order valence-corrected chi connectivity index (χ3v) is 10.6. The van der Waals surface area contributed by atoms with E-state index in [1.807, 2.05) is 12.1 Å².